The van der Waals surface area contributed by atoms with Gasteiger partial charge in [0.25, 0.3) is 0 Å². The molecule has 0 aliphatic heterocycles. The van der Waals surface area contributed by atoms with Crippen molar-refractivity contribution >= 4 is 22.8 Å². The van der Waals surface area contributed by atoms with Gasteiger partial charge in [0.1, 0.15) is 0 Å². The van der Waals surface area contributed by atoms with Gasteiger partial charge in [0.15, 0.2) is 9.84 Å². The van der Waals surface area contributed by atoms with Gasteiger partial charge in [-0.3, -0.25) is 0 Å². The smallest absolute Gasteiger partial charge is 0.304 e. The minimum atomic E-state index is -3.15. The molecule has 3 nitrogen and oxygen atoms in total. The van der Waals surface area contributed by atoms with Crippen LogP contribution in [0.25, 0.3) is 0 Å². The molecule has 0 aliphatic carbocycles. The van der Waals surface area contributed by atoms with Crippen molar-refractivity contribution < 1.29 is 13.4 Å². The SMILES string of the molecule is CS(=O)(=O)c1cccc(BO)c1. The Labute approximate surface area is 72.2 Å². The molecule has 0 unspecified atom stereocenters. The van der Waals surface area contributed by atoms with Crippen LogP contribution in [0.5, 0.6) is 0 Å². The van der Waals surface area contributed by atoms with Crippen LogP contribution in [0.1, 0.15) is 0 Å². The Bertz CT molecular complexity index is 372. The third-order valence-corrected chi connectivity index (χ3v) is 2.62. The van der Waals surface area contributed by atoms with Crippen LogP contribution in [-0.2, 0) is 9.84 Å². The summed E-state index contributed by atoms with van der Waals surface area (Å²) in [5.41, 5.74) is 0.609. The highest BCUT2D eigenvalue weighted by molar-refractivity contribution is 7.90. The molecule has 12 heavy (non-hydrogen) atoms. The highest BCUT2D eigenvalue weighted by atomic mass is 32.2. The van der Waals surface area contributed by atoms with Gasteiger partial charge >= 0.3 is 7.48 Å². The van der Waals surface area contributed by atoms with Crippen molar-refractivity contribution in [3.63, 3.8) is 0 Å². The predicted octanol–water partition coefficient (Wildman–Crippen LogP) is -0.941. The van der Waals surface area contributed by atoms with E-state index in [1.807, 2.05) is 0 Å². The van der Waals surface area contributed by atoms with E-state index in [0.29, 0.717) is 5.46 Å². The Hall–Kier alpha value is -0.805. The Kier molecular flexibility index (Phi) is 2.54. The lowest BCUT2D eigenvalue weighted by molar-refractivity contribution is 0.602. The molecule has 1 rings (SSSR count). The number of hydrogen-bond donors (Lipinski definition) is 1. The zero-order chi connectivity index (χ0) is 9.19. The first-order valence-corrected chi connectivity index (χ1v) is 5.33. The van der Waals surface area contributed by atoms with Crippen LogP contribution in [0.15, 0.2) is 29.2 Å². The maximum absolute atomic E-state index is 11.0. The van der Waals surface area contributed by atoms with E-state index in [2.05, 4.69) is 0 Å². The van der Waals surface area contributed by atoms with Crippen LogP contribution in [0.2, 0.25) is 0 Å². The first kappa shape index (κ1) is 9.28. The minimum absolute atomic E-state index is 0.136. The van der Waals surface area contributed by atoms with Crippen LogP contribution in [-0.4, -0.2) is 27.2 Å². The Morgan fingerprint density at radius 3 is 2.58 bits per heavy atom. The van der Waals surface area contributed by atoms with Gasteiger partial charge in [0.05, 0.1) is 4.90 Å². The lowest BCUT2D eigenvalue weighted by Crippen LogP contribution is -2.14. The van der Waals surface area contributed by atoms with Gasteiger partial charge < -0.3 is 5.02 Å². The molecule has 0 aliphatic rings. The third kappa shape index (κ3) is 2.09. The summed E-state index contributed by atoms with van der Waals surface area (Å²) in [4.78, 5) is 0.244. The van der Waals surface area contributed by atoms with Gasteiger partial charge in [-0.25, -0.2) is 8.42 Å². The van der Waals surface area contributed by atoms with Gasteiger partial charge in [-0.15, -0.1) is 0 Å². The summed E-state index contributed by atoms with van der Waals surface area (Å²) in [6.07, 6.45) is 1.14. The van der Waals surface area contributed by atoms with Crippen molar-refractivity contribution in [2.75, 3.05) is 6.26 Å². The highest BCUT2D eigenvalue weighted by Gasteiger charge is 2.06. The fraction of sp³-hybridized carbons (Fsp3) is 0.143. The second kappa shape index (κ2) is 3.29. The van der Waals surface area contributed by atoms with Gasteiger partial charge in [0.2, 0.25) is 0 Å². The van der Waals surface area contributed by atoms with Gasteiger partial charge in [-0.2, -0.15) is 0 Å². The van der Waals surface area contributed by atoms with Crippen LogP contribution in [0, 0.1) is 0 Å². The fourth-order valence-corrected chi connectivity index (χ4v) is 1.57. The van der Waals surface area contributed by atoms with Gasteiger partial charge in [0, 0.05) is 6.26 Å². The summed E-state index contributed by atoms with van der Waals surface area (Å²) >= 11 is 0. The maximum atomic E-state index is 11.0. The second-order valence-electron chi connectivity index (χ2n) is 2.58. The Morgan fingerprint density at radius 1 is 1.42 bits per heavy atom. The van der Waals surface area contributed by atoms with Crippen molar-refractivity contribution in [3.8, 4) is 0 Å². The Balaban J connectivity index is 3.20. The molecule has 0 radical (unpaired) electrons. The van der Waals surface area contributed by atoms with E-state index >= 15 is 0 Å². The maximum Gasteiger partial charge on any atom is 0.304 e. The van der Waals surface area contributed by atoms with Gasteiger partial charge in [-0.05, 0) is 12.1 Å². The summed E-state index contributed by atoms with van der Waals surface area (Å²) < 4.78 is 22.0. The molecule has 1 aromatic carbocycles. The van der Waals surface area contributed by atoms with Crippen LogP contribution < -0.4 is 5.46 Å². The summed E-state index contributed by atoms with van der Waals surface area (Å²) in [5, 5.41) is 8.73. The lowest BCUT2D eigenvalue weighted by atomic mass is 9.89. The standard InChI is InChI=1S/C7H9BO3S/c1-12(10,11)7-4-2-3-6(5-7)8-9/h2-5,8-9H,1H3. The lowest BCUT2D eigenvalue weighted by Gasteiger charge is -1.98. The highest BCUT2D eigenvalue weighted by Crippen LogP contribution is 2.04. The van der Waals surface area contributed by atoms with Crippen molar-refractivity contribution in [1.82, 2.24) is 0 Å². The summed E-state index contributed by atoms with van der Waals surface area (Å²) in [6.45, 7) is 0. The molecule has 0 aromatic heterocycles. The first-order chi connectivity index (χ1) is 5.54. The Morgan fingerprint density at radius 2 is 2.08 bits per heavy atom. The van der Waals surface area contributed by atoms with E-state index < -0.39 is 9.84 Å². The van der Waals surface area contributed by atoms with Crippen LogP contribution in [0.3, 0.4) is 0 Å². The molecule has 0 fully saturated rings. The van der Waals surface area contributed by atoms with E-state index in [1.165, 1.54) is 12.1 Å². The number of benzene rings is 1. The number of sulfone groups is 1. The third-order valence-electron chi connectivity index (χ3n) is 1.51. The molecule has 0 saturated heterocycles. The molecule has 1 aromatic rings. The molecule has 0 saturated carbocycles. The molecular formula is C7H9BO3S. The largest absolute Gasteiger partial charge is 0.449 e. The zero-order valence-electron chi connectivity index (χ0n) is 6.69. The molecule has 5 heteroatoms. The molecular weight excluding hydrogens is 175 g/mol. The zero-order valence-corrected chi connectivity index (χ0v) is 7.50. The van der Waals surface area contributed by atoms with E-state index in [9.17, 15) is 8.42 Å². The van der Waals surface area contributed by atoms with Crippen LogP contribution >= 0.6 is 0 Å². The monoisotopic (exact) mass is 184 g/mol. The van der Waals surface area contributed by atoms with E-state index in [0.717, 1.165) is 6.26 Å². The van der Waals surface area contributed by atoms with Crippen molar-refractivity contribution in [2.45, 2.75) is 4.90 Å². The molecule has 0 spiro atoms. The second-order valence-corrected chi connectivity index (χ2v) is 4.59. The molecule has 0 amide bonds. The summed E-state index contributed by atoms with van der Waals surface area (Å²) in [6, 6.07) is 6.26. The van der Waals surface area contributed by atoms with E-state index in [1.54, 1.807) is 12.1 Å². The molecule has 0 bridgehead atoms. The number of hydrogen-bond acceptors (Lipinski definition) is 3. The summed E-state index contributed by atoms with van der Waals surface area (Å²) in [5.74, 6) is 0. The molecule has 64 valence electrons. The fourth-order valence-electron chi connectivity index (χ4n) is 0.874. The van der Waals surface area contributed by atoms with E-state index in [4.69, 9.17) is 5.02 Å². The molecule has 0 heterocycles. The van der Waals surface area contributed by atoms with Crippen molar-refractivity contribution in [3.05, 3.63) is 24.3 Å². The molecule has 0 atom stereocenters. The predicted molar refractivity (Wildman–Crippen MR) is 48.6 cm³/mol. The average molecular weight is 184 g/mol. The normalized spacial score (nSPS) is 11.2. The summed E-state index contributed by atoms with van der Waals surface area (Å²) in [7, 11) is -3.28. The average Bonchev–Trinajstić information content (AvgIpc) is 2.03. The number of rotatable bonds is 2. The quantitative estimate of drug-likeness (QED) is 0.603. The van der Waals surface area contributed by atoms with Crippen molar-refractivity contribution in [1.29, 1.82) is 0 Å². The first-order valence-electron chi connectivity index (χ1n) is 3.44. The molecule has 1 N–H and O–H groups in total. The topological polar surface area (TPSA) is 54.4 Å². The minimum Gasteiger partial charge on any atom is -0.449 e. The van der Waals surface area contributed by atoms with Crippen molar-refractivity contribution in [2.24, 2.45) is 0 Å². The van der Waals surface area contributed by atoms with Gasteiger partial charge in [-0.1, -0.05) is 17.6 Å². The van der Waals surface area contributed by atoms with Crippen LogP contribution in [0.4, 0.5) is 0 Å². The van der Waals surface area contributed by atoms with E-state index in [-0.39, 0.29) is 12.4 Å².